The molecule has 1 aromatic carbocycles. The van der Waals surface area contributed by atoms with Crippen molar-refractivity contribution in [1.82, 2.24) is 24.7 Å². The lowest BCUT2D eigenvalue weighted by Gasteiger charge is -2.08. The molecule has 3 aromatic heterocycles. The maximum Gasteiger partial charge on any atom is 0.267 e. The molecule has 0 bridgehead atoms. The topological polar surface area (TPSA) is 98.2 Å². The Hall–Kier alpha value is -4.38. The first-order chi connectivity index (χ1) is 14.1. The van der Waals surface area contributed by atoms with E-state index >= 15 is 0 Å². The van der Waals surface area contributed by atoms with Crippen molar-refractivity contribution in [2.24, 2.45) is 0 Å². The number of aromatic hydroxyl groups is 1. The van der Waals surface area contributed by atoms with Gasteiger partial charge in [0.1, 0.15) is 5.69 Å². The Morgan fingerprint density at radius 2 is 1.79 bits per heavy atom. The zero-order valence-corrected chi connectivity index (χ0v) is 15.1. The molecule has 0 spiro atoms. The minimum absolute atomic E-state index is 0.0280. The smallest absolute Gasteiger partial charge is 0.267 e. The van der Waals surface area contributed by atoms with E-state index < -0.39 is 0 Å². The number of aromatic nitrogens is 5. The van der Waals surface area contributed by atoms with Crippen molar-refractivity contribution in [3.05, 3.63) is 94.5 Å². The Balaban J connectivity index is 1.66. The van der Waals surface area contributed by atoms with Crippen molar-refractivity contribution in [3.8, 4) is 28.5 Å². The highest BCUT2D eigenvalue weighted by molar-refractivity contribution is 5.64. The first-order valence-corrected chi connectivity index (χ1v) is 8.66. The van der Waals surface area contributed by atoms with Crippen LogP contribution in [0.4, 0.5) is 5.69 Å². The van der Waals surface area contributed by atoms with Gasteiger partial charge in [-0.05, 0) is 29.8 Å². The van der Waals surface area contributed by atoms with Crippen LogP contribution in [-0.2, 0) is 6.54 Å². The molecule has 4 aromatic rings. The van der Waals surface area contributed by atoms with Gasteiger partial charge in [0, 0.05) is 6.07 Å². The standard InChI is InChI=1S/C21H14N6O2/c1-22-15-5-2-4-14(10-15)18-8-9-20(29)27(26-18)13-16-6-3-7-19(25-16)21-23-11-17(28)12-24-21/h2-12,28H,13H2. The fraction of sp³-hybridized carbons (Fsp3) is 0.0476. The molecule has 3 heterocycles. The van der Waals surface area contributed by atoms with Crippen molar-refractivity contribution < 1.29 is 5.11 Å². The van der Waals surface area contributed by atoms with E-state index in [2.05, 4.69) is 24.9 Å². The van der Waals surface area contributed by atoms with Crippen LogP contribution in [0.1, 0.15) is 5.69 Å². The number of pyridine rings is 1. The average Bonchev–Trinajstić information content (AvgIpc) is 2.76. The molecule has 0 aliphatic carbocycles. The fourth-order valence-electron chi connectivity index (χ4n) is 2.75. The third-order valence-electron chi connectivity index (χ3n) is 4.12. The summed E-state index contributed by atoms with van der Waals surface area (Å²) in [6, 6.07) is 15.5. The Bertz CT molecular complexity index is 1280. The van der Waals surface area contributed by atoms with Gasteiger partial charge in [-0.15, -0.1) is 0 Å². The molecule has 0 unspecified atom stereocenters. The molecule has 0 fully saturated rings. The monoisotopic (exact) mass is 382 g/mol. The number of hydrogen-bond acceptors (Lipinski definition) is 6. The molecule has 1 N–H and O–H groups in total. The molecule has 0 aliphatic rings. The molecule has 0 amide bonds. The quantitative estimate of drug-likeness (QED) is 0.545. The zero-order chi connectivity index (χ0) is 20.2. The van der Waals surface area contributed by atoms with Gasteiger partial charge in [-0.25, -0.2) is 24.5 Å². The molecule has 0 saturated carbocycles. The van der Waals surface area contributed by atoms with Crippen molar-refractivity contribution >= 4 is 5.69 Å². The number of benzene rings is 1. The van der Waals surface area contributed by atoms with Crippen LogP contribution in [0.5, 0.6) is 5.75 Å². The molecule has 0 radical (unpaired) electrons. The maximum absolute atomic E-state index is 12.3. The summed E-state index contributed by atoms with van der Waals surface area (Å²) in [4.78, 5) is 28.3. The van der Waals surface area contributed by atoms with Crippen LogP contribution in [0.15, 0.2) is 71.8 Å². The first-order valence-electron chi connectivity index (χ1n) is 8.66. The molecule has 140 valence electrons. The minimum Gasteiger partial charge on any atom is -0.505 e. The van der Waals surface area contributed by atoms with Crippen LogP contribution in [0.2, 0.25) is 0 Å². The second-order valence-electron chi connectivity index (χ2n) is 6.16. The van der Waals surface area contributed by atoms with E-state index in [0.717, 1.165) is 5.56 Å². The van der Waals surface area contributed by atoms with Gasteiger partial charge in [0.15, 0.2) is 17.3 Å². The summed E-state index contributed by atoms with van der Waals surface area (Å²) in [5, 5.41) is 13.8. The predicted molar refractivity (Wildman–Crippen MR) is 106 cm³/mol. The molecule has 0 atom stereocenters. The van der Waals surface area contributed by atoms with Gasteiger partial charge >= 0.3 is 0 Å². The highest BCUT2D eigenvalue weighted by Crippen LogP contribution is 2.22. The van der Waals surface area contributed by atoms with Crippen LogP contribution in [0, 0.1) is 6.57 Å². The SMILES string of the molecule is [C-]#[N+]c1cccc(-c2ccc(=O)n(Cc3cccc(-c4ncc(O)cn4)n3)n2)c1. The van der Waals surface area contributed by atoms with Crippen molar-refractivity contribution in [1.29, 1.82) is 0 Å². The predicted octanol–water partition coefficient (Wildman–Crippen LogP) is 3.07. The molecule has 0 aliphatic heterocycles. The number of nitrogens with zero attached hydrogens (tertiary/aromatic N) is 6. The van der Waals surface area contributed by atoms with Crippen LogP contribution >= 0.6 is 0 Å². The Morgan fingerprint density at radius 1 is 1.00 bits per heavy atom. The molecular formula is C21H14N6O2. The molecule has 0 saturated heterocycles. The molecule has 8 nitrogen and oxygen atoms in total. The summed E-state index contributed by atoms with van der Waals surface area (Å²) < 4.78 is 1.32. The van der Waals surface area contributed by atoms with Gasteiger partial charge in [0.05, 0.1) is 36.9 Å². The van der Waals surface area contributed by atoms with E-state index in [-0.39, 0.29) is 17.9 Å². The van der Waals surface area contributed by atoms with Gasteiger partial charge in [-0.2, -0.15) is 5.10 Å². The van der Waals surface area contributed by atoms with Crippen LogP contribution in [0.3, 0.4) is 0 Å². The zero-order valence-electron chi connectivity index (χ0n) is 15.1. The van der Waals surface area contributed by atoms with E-state index in [1.54, 1.807) is 42.5 Å². The lowest BCUT2D eigenvalue weighted by atomic mass is 10.1. The summed E-state index contributed by atoms with van der Waals surface area (Å²) in [6.07, 6.45) is 2.59. The second kappa shape index (κ2) is 7.70. The fourth-order valence-corrected chi connectivity index (χ4v) is 2.75. The highest BCUT2D eigenvalue weighted by Gasteiger charge is 2.08. The van der Waals surface area contributed by atoms with Crippen LogP contribution in [0.25, 0.3) is 27.6 Å². The molecule has 8 heteroatoms. The molecular weight excluding hydrogens is 368 g/mol. The summed E-state index contributed by atoms with van der Waals surface area (Å²) in [7, 11) is 0. The highest BCUT2D eigenvalue weighted by atomic mass is 16.3. The maximum atomic E-state index is 12.3. The van der Waals surface area contributed by atoms with Gasteiger partial charge in [0.25, 0.3) is 5.56 Å². The Labute approximate surface area is 165 Å². The minimum atomic E-state index is -0.261. The summed E-state index contributed by atoms with van der Waals surface area (Å²) in [6.45, 7) is 7.32. The van der Waals surface area contributed by atoms with Crippen molar-refractivity contribution in [2.45, 2.75) is 6.54 Å². The Morgan fingerprint density at radius 3 is 2.59 bits per heavy atom. The summed E-state index contributed by atoms with van der Waals surface area (Å²) in [5.41, 5.74) is 2.73. The second-order valence-corrected chi connectivity index (χ2v) is 6.16. The first kappa shape index (κ1) is 18.0. The third-order valence-corrected chi connectivity index (χ3v) is 4.12. The van der Waals surface area contributed by atoms with E-state index in [0.29, 0.717) is 28.6 Å². The van der Waals surface area contributed by atoms with E-state index in [1.165, 1.54) is 23.1 Å². The van der Waals surface area contributed by atoms with Crippen LogP contribution in [-0.4, -0.2) is 29.8 Å². The summed E-state index contributed by atoms with van der Waals surface area (Å²) in [5.74, 6) is 0.342. The summed E-state index contributed by atoms with van der Waals surface area (Å²) >= 11 is 0. The van der Waals surface area contributed by atoms with E-state index in [9.17, 15) is 9.90 Å². The largest absolute Gasteiger partial charge is 0.505 e. The van der Waals surface area contributed by atoms with Gasteiger partial charge < -0.3 is 5.11 Å². The van der Waals surface area contributed by atoms with Gasteiger partial charge in [-0.1, -0.05) is 24.3 Å². The molecule has 29 heavy (non-hydrogen) atoms. The average molecular weight is 382 g/mol. The van der Waals surface area contributed by atoms with Gasteiger partial charge in [0.2, 0.25) is 0 Å². The lowest BCUT2D eigenvalue weighted by molar-refractivity contribution is 0.470. The number of rotatable bonds is 4. The van der Waals surface area contributed by atoms with Crippen molar-refractivity contribution in [3.63, 3.8) is 0 Å². The molecule has 4 rings (SSSR count). The Kier molecular flexibility index (Phi) is 4.78. The third kappa shape index (κ3) is 3.99. The van der Waals surface area contributed by atoms with Gasteiger partial charge in [-0.3, -0.25) is 4.79 Å². The van der Waals surface area contributed by atoms with E-state index in [1.807, 2.05) is 6.07 Å². The van der Waals surface area contributed by atoms with Crippen LogP contribution < -0.4 is 5.56 Å². The van der Waals surface area contributed by atoms with E-state index in [4.69, 9.17) is 6.57 Å². The lowest BCUT2D eigenvalue weighted by Crippen LogP contribution is -2.23. The van der Waals surface area contributed by atoms with Crippen molar-refractivity contribution in [2.75, 3.05) is 0 Å². The number of hydrogen-bond donors (Lipinski definition) is 1. The normalized spacial score (nSPS) is 10.4.